The zero-order chi connectivity index (χ0) is 12.0. The van der Waals surface area contributed by atoms with E-state index >= 15 is 0 Å². The number of hydrogen-bond acceptors (Lipinski definition) is 4. The van der Waals surface area contributed by atoms with Gasteiger partial charge in [0, 0.05) is 11.8 Å². The largest absolute Gasteiger partial charge is 0.465 e. The Morgan fingerprint density at radius 1 is 1.62 bits per heavy atom. The second kappa shape index (κ2) is 6.02. The molecule has 0 unspecified atom stereocenters. The number of alkyl halides is 1. The Bertz CT molecular complexity index is 420. The fourth-order valence-corrected chi connectivity index (χ4v) is 1.34. The Morgan fingerprint density at radius 2 is 2.38 bits per heavy atom. The summed E-state index contributed by atoms with van der Waals surface area (Å²) in [5, 5.41) is 0. The third-order valence-electron chi connectivity index (χ3n) is 1.91. The van der Waals surface area contributed by atoms with Gasteiger partial charge in [-0.25, -0.2) is 4.79 Å². The zero-order valence-electron chi connectivity index (χ0n) is 8.81. The smallest absolute Gasteiger partial charge is 0.337 e. The Morgan fingerprint density at radius 3 is 2.94 bits per heavy atom. The third-order valence-corrected chi connectivity index (χ3v) is 2.03. The van der Waals surface area contributed by atoms with Gasteiger partial charge in [-0.05, 0) is 24.9 Å². The van der Waals surface area contributed by atoms with Crippen LogP contribution in [0.2, 0.25) is 0 Å². The van der Waals surface area contributed by atoms with Crippen LogP contribution < -0.4 is 0 Å². The van der Waals surface area contributed by atoms with Crippen molar-refractivity contribution in [1.82, 2.24) is 0 Å². The van der Waals surface area contributed by atoms with Crippen molar-refractivity contribution in [2.75, 3.05) is 13.1 Å². The van der Waals surface area contributed by atoms with Crippen LogP contribution in [-0.4, -0.2) is 31.5 Å². The maximum Gasteiger partial charge on any atom is 0.337 e. The Hall–Kier alpha value is -1.68. The first kappa shape index (κ1) is 12.4. The van der Waals surface area contributed by atoms with Gasteiger partial charge in [-0.3, -0.25) is 9.98 Å². The normalized spacial score (nSPS) is 19.8. The van der Waals surface area contributed by atoms with Crippen molar-refractivity contribution >= 4 is 30.0 Å². The molecule has 16 heavy (non-hydrogen) atoms. The maximum atomic E-state index is 11.3. The molecule has 0 bridgehead atoms. The number of ether oxygens (including phenoxy) is 1. The summed E-state index contributed by atoms with van der Waals surface area (Å²) in [4.78, 5) is 19.0. The maximum absolute atomic E-state index is 11.3. The van der Waals surface area contributed by atoms with Crippen molar-refractivity contribution in [2.24, 2.45) is 9.98 Å². The molecule has 0 heterocycles. The molecule has 0 spiro atoms. The molecule has 0 atom stereocenters. The molecule has 0 N–H and O–H groups in total. The molecule has 1 aliphatic rings. The summed E-state index contributed by atoms with van der Waals surface area (Å²) in [6.07, 6.45) is 6.45. The van der Waals surface area contributed by atoms with Gasteiger partial charge in [-0.2, -0.15) is 0 Å². The number of halogens is 1. The van der Waals surface area contributed by atoms with Gasteiger partial charge < -0.3 is 4.74 Å². The quantitative estimate of drug-likeness (QED) is 0.326. The number of nitrogens with zero attached hydrogens (tertiary/aromatic N) is 2. The lowest BCUT2D eigenvalue weighted by atomic mass is 10.0. The number of allylic oxidation sites excluding steroid dienone is 3. The summed E-state index contributed by atoms with van der Waals surface area (Å²) in [5.74, 6) is -0.406. The summed E-state index contributed by atoms with van der Waals surface area (Å²) in [6.45, 7) is 3.36. The molecule has 0 fully saturated rings. The van der Waals surface area contributed by atoms with E-state index in [2.05, 4.69) is 21.4 Å². The minimum Gasteiger partial charge on any atom is -0.465 e. The van der Waals surface area contributed by atoms with Crippen molar-refractivity contribution in [3.05, 3.63) is 35.6 Å². The standard InChI is InChI=1S/C11H11ClN2O2/c1-13-6-9-5-8(11(15)16-2)3-4-10(9)14-7-12/h3-6H,1,7H2,2H3/b9-6-,14-10-. The van der Waals surface area contributed by atoms with Crippen LogP contribution >= 0.6 is 11.6 Å². The van der Waals surface area contributed by atoms with E-state index in [4.69, 9.17) is 11.6 Å². The predicted molar refractivity (Wildman–Crippen MR) is 65.0 cm³/mol. The van der Waals surface area contributed by atoms with E-state index in [0.717, 1.165) is 0 Å². The number of carbonyl (C=O) groups excluding carboxylic acids is 1. The van der Waals surface area contributed by atoms with Gasteiger partial charge in [0.2, 0.25) is 0 Å². The van der Waals surface area contributed by atoms with Crippen molar-refractivity contribution in [2.45, 2.75) is 0 Å². The summed E-state index contributed by atoms with van der Waals surface area (Å²) < 4.78 is 4.61. The minimum atomic E-state index is -0.406. The van der Waals surface area contributed by atoms with E-state index in [9.17, 15) is 4.79 Å². The summed E-state index contributed by atoms with van der Waals surface area (Å²) in [6, 6.07) is 0.148. The molecule has 4 nitrogen and oxygen atoms in total. The van der Waals surface area contributed by atoms with Crippen LogP contribution in [0.3, 0.4) is 0 Å². The van der Waals surface area contributed by atoms with Gasteiger partial charge in [0.15, 0.2) is 0 Å². The molecule has 84 valence electrons. The predicted octanol–water partition coefficient (Wildman–Crippen LogP) is 1.88. The molecular weight excluding hydrogens is 228 g/mol. The number of hydrogen-bond donors (Lipinski definition) is 0. The van der Waals surface area contributed by atoms with Crippen LogP contribution in [0, 0.1) is 0 Å². The summed E-state index contributed by atoms with van der Waals surface area (Å²) in [5.41, 5.74) is 1.78. The van der Waals surface area contributed by atoms with Gasteiger partial charge >= 0.3 is 5.97 Å². The monoisotopic (exact) mass is 238 g/mol. The highest BCUT2D eigenvalue weighted by Crippen LogP contribution is 2.15. The average Bonchev–Trinajstić information content (AvgIpc) is 2.31. The van der Waals surface area contributed by atoms with E-state index in [-0.39, 0.29) is 6.00 Å². The lowest BCUT2D eigenvalue weighted by Crippen LogP contribution is -2.10. The van der Waals surface area contributed by atoms with Gasteiger partial charge in [-0.1, -0.05) is 0 Å². The average molecular weight is 239 g/mol. The van der Waals surface area contributed by atoms with Crippen LogP contribution in [-0.2, 0) is 9.53 Å². The molecule has 5 heteroatoms. The SMILES string of the molecule is C=N/C=C1/C=C(C(=O)OC)C=C/C1=N/CCl. The minimum absolute atomic E-state index is 0.148. The molecule has 0 saturated heterocycles. The highest BCUT2D eigenvalue weighted by molar-refractivity contribution is 6.20. The lowest BCUT2D eigenvalue weighted by Gasteiger charge is -2.09. The van der Waals surface area contributed by atoms with Gasteiger partial charge in [-0.15, -0.1) is 11.6 Å². The van der Waals surface area contributed by atoms with Crippen LogP contribution in [0.5, 0.6) is 0 Å². The van der Waals surface area contributed by atoms with E-state index in [1.807, 2.05) is 0 Å². The molecule has 0 aliphatic heterocycles. The fraction of sp³-hybridized carbons (Fsp3) is 0.182. The molecule has 0 aromatic rings. The number of esters is 1. The van der Waals surface area contributed by atoms with E-state index in [1.54, 1.807) is 18.2 Å². The Balaban J connectivity index is 3.07. The topological polar surface area (TPSA) is 51.0 Å². The van der Waals surface area contributed by atoms with Crippen molar-refractivity contribution < 1.29 is 9.53 Å². The molecule has 1 aliphatic carbocycles. The number of rotatable bonds is 3. The van der Waals surface area contributed by atoms with Crippen LogP contribution in [0.15, 0.2) is 45.6 Å². The second-order valence-electron chi connectivity index (χ2n) is 2.85. The van der Waals surface area contributed by atoms with Crippen LogP contribution in [0.4, 0.5) is 0 Å². The first-order chi connectivity index (χ1) is 7.72. The molecule has 1 rings (SSSR count). The first-order valence-electron chi connectivity index (χ1n) is 4.47. The number of carbonyl (C=O) groups is 1. The second-order valence-corrected chi connectivity index (χ2v) is 3.09. The third kappa shape index (κ3) is 2.90. The van der Waals surface area contributed by atoms with Crippen LogP contribution in [0.1, 0.15) is 0 Å². The molecule has 0 radical (unpaired) electrons. The summed E-state index contributed by atoms with van der Waals surface area (Å²) in [7, 11) is 1.33. The molecular formula is C11H11ClN2O2. The first-order valence-corrected chi connectivity index (χ1v) is 5.01. The van der Waals surface area contributed by atoms with E-state index < -0.39 is 5.97 Å². The van der Waals surface area contributed by atoms with Crippen molar-refractivity contribution in [1.29, 1.82) is 0 Å². The Labute approximate surface area is 98.7 Å². The fourth-order valence-electron chi connectivity index (χ4n) is 1.21. The zero-order valence-corrected chi connectivity index (χ0v) is 9.57. The van der Waals surface area contributed by atoms with Crippen molar-refractivity contribution in [3.8, 4) is 0 Å². The summed E-state index contributed by atoms with van der Waals surface area (Å²) >= 11 is 5.52. The van der Waals surface area contributed by atoms with Gasteiger partial charge in [0.25, 0.3) is 0 Å². The highest BCUT2D eigenvalue weighted by atomic mass is 35.5. The van der Waals surface area contributed by atoms with Crippen LogP contribution in [0.25, 0.3) is 0 Å². The highest BCUT2D eigenvalue weighted by Gasteiger charge is 2.13. The number of methoxy groups -OCH3 is 1. The molecule has 0 amide bonds. The number of aliphatic imine (C=N–C) groups is 2. The Kier molecular flexibility index (Phi) is 4.66. The van der Waals surface area contributed by atoms with E-state index in [1.165, 1.54) is 13.3 Å². The molecule has 0 aromatic heterocycles. The van der Waals surface area contributed by atoms with Crippen molar-refractivity contribution in [3.63, 3.8) is 0 Å². The van der Waals surface area contributed by atoms with E-state index in [0.29, 0.717) is 16.9 Å². The van der Waals surface area contributed by atoms with Gasteiger partial charge in [0.05, 0.1) is 18.4 Å². The molecule has 0 saturated carbocycles. The lowest BCUT2D eigenvalue weighted by molar-refractivity contribution is -0.135. The van der Waals surface area contributed by atoms with Gasteiger partial charge in [0.1, 0.15) is 6.00 Å². The molecule has 0 aromatic carbocycles.